The van der Waals surface area contributed by atoms with Gasteiger partial charge in [-0.1, -0.05) is 17.7 Å². The van der Waals surface area contributed by atoms with Crippen LogP contribution in [-0.2, 0) is 4.57 Å². The smallest absolute Gasteiger partial charge is 0.265 e. The van der Waals surface area contributed by atoms with Crippen molar-refractivity contribution in [1.29, 1.82) is 5.26 Å². The number of nitrogens with one attached hydrogen (secondary N) is 1. The second kappa shape index (κ2) is 7.40. The molecule has 136 valence electrons. The summed E-state index contributed by atoms with van der Waals surface area (Å²) in [6.45, 7) is 1.81. The summed E-state index contributed by atoms with van der Waals surface area (Å²) in [5.74, 6) is -1.60. The van der Waals surface area contributed by atoms with Gasteiger partial charge in [0.05, 0.1) is 16.4 Å². The molecule has 2 aromatic carbocycles. The summed E-state index contributed by atoms with van der Waals surface area (Å²) < 4.78 is 28.0. The predicted molar refractivity (Wildman–Crippen MR) is 106 cm³/mol. The molecule has 0 bridgehead atoms. The van der Waals surface area contributed by atoms with E-state index in [0.29, 0.717) is 10.9 Å². The van der Waals surface area contributed by atoms with Crippen molar-refractivity contribution in [2.45, 2.75) is 6.92 Å². The van der Waals surface area contributed by atoms with Crippen LogP contribution >= 0.6 is 19.4 Å². The number of allylic oxidation sites excluding steroid dienone is 1. The van der Waals surface area contributed by atoms with Gasteiger partial charge >= 0.3 is 0 Å². The average molecular weight is 402 g/mol. The minimum Gasteiger partial charge on any atom is -0.364 e. The fourth-order valence-electron chi connectivity index (χ4n) is 2.95. The molecule has 8 heteroatoms. The quantitative estimate of drug-likeness (QED) is 0.517. The summed E-state index contributed by atoms with van der Waals surface area (Å²) in [6.07, 6.45) is 2.88. The number of carbonyl (C=O) groups is 1. The third kappa shape index (κ3) is 3.52. The molecule has 0 saturated carbocycles. The van der Waals surface area contributed by atoms with E-state index in [1.807, 2.05) is 19.1 Å². The summed E-state index contributed by atoms with van der Waals surface area (Å²) in [6, 6.07) is 9.88. The number of nitrogens with zero attached hydrogens (tertiary/aromatic N) is 1. The molecule has 1 amide bonds. The van der Waals surface area contributed by atoms with Crippen molar-refractivity contribution >= 4 is 52.9 Å². The summed E-state index contributed by atoms with van der Waals surface area (Å²) >= 11 is 5.87. The number of aromatic nitrogens is 1. The van der Waals surface area contributed by atoms with E-state index in [1.54, 1.807) is 18.2 Å². The minimum atomic E-state index is -2.81. The molecule has 3 N–H and O–H groups in total. The van der Waals surface area contributed by atoms with E-state index in [9.17, 15) is 13.8 Å². The molecule has 5 nitrogen and oxygen atoms in total. The Bertz CT molecular complexity index is 1180. The van der Waals surface area contributed by atoms with Crippen LogP contribution in [0.2, 0.25) is 5.02 Å². The van der Waals surface area contributed by atoms with Gasteiger partial charge < -0.3 is 15.3 Å². The van der Waals surface area contributed by atoms with Gasteiger partial charge in [0.15, 0.2) is 5.82 Å². The van der Waals surface area contributed by atoms with Crippen LogP contribution in [0.25, 0.3) is 17.0 Å². The lowest BCUT2D eigenvalue weighted by Gasteiger charge is -2.08. The number of carbonyl (C=O) groups excluding carboxylic acids is 1. The molecule has 3 rings (SSSR count). The number of hydrogen-bond donors (Lipinski definition) is 2. The van der Waals surface area contributed by atoms with Crippen molar-refractivity contribution in [2.24, 2.45) is 5.73 Å². The number of hydrogen-bond acceptors (Lipinski definition) is 3. The maximum Gasteiger partial charge on any atom is 0.265 e. The van der Waals surface area contributed by atoms with E-state index < -0.39 is 19.5 Å². The lowest BCUT2D eigenvalue weighted by atomic mass is 10.1. The molecule has 1 heterocycles. The topological polar surface area (TPSA) is 99.7 Å². The molecular formula is C19H14ClFN3O2P. The molecule has 1 atom stereocenters. The van der Waals surface area contributed by atoms with E-state index in [0.717, 1.165) is 5.56 Å². The Morgan fingerprint density at radius 3 is 2.78 bits per heavy atom. The third-order valence-corrected chi connectivity index (χ3v) is 6.10. The van der Waals surface area contributed by atoms with Gasteiger partial charge in [0, 0.05) is 22.3 Å². The zero-order valence-electron chi connectivity index (χ0n) is 14.1. The monoisotopic (exact) mass is 401 g/mol. The van der Waals surface area contributed by atoms with Crippen LogP contribution < -0.4 is 16.3 Å². The number of nitriles is 1. The second-order valence-corrected chi connectivity index (χ2v) is 8.09. The lowest BCUT2D eigenvalue weighted by molar-refractivity contribution is 0.0997. The van der Waals surface area contributed by atoms with Crippen molar-refractivity contribution in [3.05, 3.63) is 64.1 Å². The number of amides is 1. The first-order valence-corrected chi connectivity index (χ1v) is 9.64. The van der Waals surface area contributed by atoms with Crippen molar-refractivity contribution in [1.82, 2.24) is 4.98 Å². The van der Waals surface area contributed by atoms with Crippen molar-refractivity contribution in [2.75, 3.05) is 0 Å². The highest BCUT2D eigenvalue weighted by Crippen LogP contribution is 2.32. The maximum atomic E-state index is 14.7. The highest BCUT2D eigenvalue weighted by molar-refractivity contribution is 7.62. The first-order valence-electron chi connectivity index (χ1n) is 7.85. The van der Waals surface area contributed by atoms with E-state index in [-0.39, 0.29) is 26.9 Å². The molecule has 1 unspecified atom stereocenters. The Kier molecular flexibility index (Phi) is 5.18. The van der Waals surface area contributed by atoms with Crippen molar-refractivity contribution < 1.29 is 13.8 Å². The number of benzene rings is 2. The maximum absolute atomic E-state index is 14.7. The Morgan fingerprint density at radius 2 is 2.11 bits per heavy atom. The highest BCUT2D eigenvalue weighted by Gasteiger charge is 2.25. The van der Waals surface area contributed by atoms with Crippen molar-refractivity contribution in [3.8, 4) is 6.07 Å². The molecule has 1 aromatic heterocycles. The van der Waals surface area contributed by atoms with E-state index in [2.05, 4.69) is 4.98 Å². The van der Waals surface area contributed by atoms with Crippen LogP contribution in [-0.4, -0.2) is 10.9 Å². The minimum absolute atomic E-state index is 0.00388. The van der Waals surface area contributed by atoms with Gasteiger partial charge in [-0.3, -0.25) is 4.79 Å². The van der Waals surface area contributed by atoms with Gasteiger partial charge in [0.1, 0.15) is 13.5 Å². The first-order chi connectivity index (χ1) is 12.8. The van der Waals surface area contributed by atoms with Gasteiger partial charge in [-0.25, -0.2) is 4.39 Å². The molecule has 3 aromatic rings. The van der Waals surface area contributed by atoms with Gasteiger partial charge in [0.2, 0.25) is 0 Å². The van der Waals surface area contributed by atoms with Gasteiger partial charge in [0.25, 0.3) is 5.91 Å². The standard InChI is InChI=1S/C19H14ClFN3O2P/c1-10-7-11(3-2-6-22)9-12(8-10)27(26)18-15-14(24-17(18)19(23)25)5-4-13(20)16(15)21/h2-5,7-9,24,27H,1H3,(H2,23,25)/b3-2+. The number of halogens is 2. The van der Waals surface area contributed by atoms with Crippen LogP contribution in [0.5, 0.6) is 0 Å². The van der Waals surface area contributed by atoms with Gasteiger partial charge in [-0.15, -0.1) is 0 Å². The molecule has 0 saturated heterocycles. The van der Waals surface area contributed by atoms with Crippen LogP contribution in [0.15, 0.2) is 36.4 Å². The summed E-state index contributed by atoms with van der Waals surface area (Å²) in [5, 5.41) is 8.98. The Morgan fingerprint density at radius 1 is 1.37 bits per heavy atom. The number of aromatic amines is 1. The normalized spacial score (nSPS) is 12.4. The zero-order chi connectivity index (χ0) is 19.7. The van der Waals surface area contributed by atoms with Gasteiger partial charge in [-0.2, -0.15) is 5.26 Å². The van der Waals surface area contributed by atoms with E-state index >= 15 is 0 Å². The van der Waals surface area contributed by atoms with Crippen LogP contribution in [0.4, 0.5) is 4.39 Å². The summed E-state index contributed by atoms with van der Waals surface area (Å²) in [4.78, 5) is 14.6. The number of rotatable bonds is 4. The number of H-pyrrole nitrogens is 1. The molecule has 0 radical (unpaired) electrons. The molecule has 0 aliphatic heterocycles. The number of fused-ring (bicyclic) bond motifs is 1. The zero-order valence-corrected chi connectivity index (χ0v) is 15.9. The number of aryl methyl sites for hydroxylation is 1. The van der Waals surface area contributed by atoms with Crippen LogP contribution in [0.3, 0.4) is 0 Å². The SMILES string of the molecule is Cc1cc(/C=C/C#N)cc([PH](=O)c2c(C(N)=O)[nH]c3ccc(Cl)c(F)c23)c1. The predicted octanol–water partition coefficient (Wildman–Crippen LogP) is 3.42. The Hall–Kier alpha value is -2.87. The largest absolute Gasteiger partial charge is 0.364 e. The average Bonchev–Trinajstić information content (AvgIpc) is 3.02. The van der Waals surface area contributed by atoms with Gasteiger partial charge in [-0.05, 0) is 48.4 Å². The van der Waals surface area contributed by atoms with E-state index in [1.165, 1.54) is 18.2 Å². The molecule has 27 heavy (non-hydrogen) atoms. The number of nitrogens with two attached hydrogens (primary N) is 1. The second-order valence-electron chi connectivity index (χ2n) is 5.95. The van der Waals surface area contributed by atoms with Crippen molar-refractivity contribution in [3.63, 3.8) is 0 Å². The molecular weight excluding hydrogens is 388 g/mol. The fraction of sp³-hybridized carbons (Fsp3) is 0.0526. The lowest BCUT2D eigenvalue weighted by Crippen LogP contribution is -2.21. The Balaban J connectivity index is 2.28. The molecule has 0 aliphatic carbocycles. The first kappa shape index (κ1) is 18.9. The van der Waals surface area contributed by atoms with Crippen LogP contribution in [0, 0.1) is 24.1 Å². The molecule has 0 spiro atoms. The van der Waals surface area contributed by atoms with Crippen LogP contribution in [0.1, 0.15) is 21.6 Å². The number of primary amides is 1. The molecule has 0 aliphatic rings. The summed E-state index contributed by atoms with van der Waals surface area (Å²) in [5.41, 5.74) is 7.07. The fourth-order valence-corrected chi connectivity index (χ4v) is 4.94. The van der Waals surface area contributed by atoms with E-state index in [4.69, 9.17) is 22.6 Å². The Labute approximate surface area is 160 Å². The summed E-state index contributed by atoms with van der Waals surface area (Å²) in [7, 11) is -2.81. The highest BCUT2D eigenvalue weighted by atomic mass is 35.5. The molecule has 0 fully saturated rings. The third-order valence-electron chi connectivity index (χ3n) is 4.04.